The first-order valence-electron chi connectivity index (χ1n) is 24.0. The molecule has 0 aromatic rings. The number of ether oxygens (including phenoxy) is 3. The minimum absolute atomic E-state index is 0.0770. The van der Waals surface area contributed by atoms with Crippen LogP contribution in [-0.2, 0) is 28.6 Å². The van der Waals surface area contributed by atoms with Crippen molar-refractivity contribution in [1.29, 1.82) is 0 Å². The highest BCUT2D eigenvalue weighted by Crippen LogP contribution is 2.15. The summed E-state index contributed by atoms with van der Waals surface area (Å²) in [6, 6.07) is 0. The van der Waals surface area contributed by atoms with E-state index in [1.165, 1.54) is 116 Å². The van der Waals surface area contributed by atoms with Crippen molar-refractivity contribution in [2.75, 3.05) is 13.2 Å². The van der Waals surface area contributed by atoms with E-state index < -0.39 is 6.10 Å². The molecule has 0 spiro atoms. The van der Waals surface area contributed by atoms with Gasteiger partial charge in [0.15, 0.2) is 6.10 Å². The van der Waals surface area contributed by atoms with Gasteiger partial charge in [0.05, 0.1) is 0 Å². The zero-order valence-corrected chi connectivity index (χ0v) is 37.2. The second kappa shape index (κ2) is 45.3. The zero-order valence-electron chi connectivity index (χ0n) is 37.2. The van der Waals surface area contributed by atoms with Gasteiger partial charge in [-0.05, 0) is 70.6 Å². The smallest absolute Gasteiger partial charge is 0.306 e. The molecule has 0 aliphatic carbocycles. The Bertz CT molecular complexity index is 953. The van der Waals surface area contributed by atoms with E-state index in [0.29, 0.717) is 19.3 Å². The number of hydrogen-bond donors (Lipinski definition) is 0. The van der Waals surface area contributed by atoms with Crippen LogP contribution in [0.3, 0.4) is 0 Å². The second-order valence-corrected chi connectivity index (χ2v) is 16.0. The Morgan fingerprint density at radius 3 is 1.11 bits per heavy atom. The van der Waals surface area contributed by atoms with Crippen molar-refractivity contribution in [2.45, 2.75) is 252 Å². The fraction of sp³-hybridized carbons (Fsp3) is 0.820. The van der Waals surface area contributed by atoms with Crippen LogP contribution in [0.25, 0.3) is 0 Å². The molecular formula is C50H90O6. The lowest BCUT2D eigenvalue weighted by atomic mass is 10.1. The highest BCUT2D eigenvalue weighted by molar-refractivity contribution is 5.71. The van der Waals surface area contributed by atoms with Crippen LogP contribution in [0, 0.1) is 0 Å². The quantitative estimate of drug-likeness (QED) is 0.0265. The summed E-state index contributed by atoms with van der Waals surface area (Å²) in [6.45, 7) is 6.50. The summed E-state index contributed by atoms with van der Waals surface area (Å²) in [6.07, 6.45) is 51.2. The van der Waals surface area contributed by atoms with Crippen LogP contribution in [0.2, 0.25) is 0 Å². The number of esters is 3. The normalized spacial score (nSPS) is 12.3. The van der Waals surface area contributed by atoms with E-state index in [1.54, 1.807) is 0 Å². The summed E-state index contributed by atoms with van der Waals surface area (Å²) in [5.74, 6) is -0.893. The Balaban J connectivity index is 4.36. The van der Waals surface area contributed by atoms with Gasteiger partial charge >= 0.3 is 17.9 Å². The average Bonchev–Trinajstić information content (AvgIpc) is 3.19. The molecule has 0 aromatic heterocycles. The van der Waals surface area contributed by atoms with Crippen LogP contribution >= 0.6 is 0 Å². The molecule has 6 heteroatoms. The molecule has 0 fully saturated rings. The maximum Gasteiger partial charge on any atom is 0.306 e. The Hall–Kier alpha value is -2.37. The standard InChI is InChI=1S/C50H90O6/c1-4-7-10-13-16-19-22-24-25-26-29-31-34-37-40-43-49(52)55-46-47(45-54-48(51)42-39-36-33-30-27-21-18-15-12-9-6-3)56-50(53)44-41-38-35-32-28-23-20-17-14-11-8-5-2/h8,11,17,19-20,22,47H,4-7,9-10,12-16,18,21,23-46H2,1-3H3/b11-8-,20-17-,22-19-. The fourth-order valence-corrected chi connectivity index (χ4v) is 6.77. The fourth-order valence-electron chi connectivity index (χ4n) is 6.77. The molecule has 0 N–H and O–H groups in total. The third kappa shape index (κ3) is 42.8. The van der Waals surface area contributed by atoms with Crippen molar-refractivity contribution in [3.63, 3.8) is 0 Å². The van der Waals surface area contributed by atoms with Crippen LogP contribution in [0.1, 0.15) is 245 Å². The molecule has 0 aliphatic rings. The predicted molar refractivity (Wildman–Crippen MR) is 238 cm³/mol. The molecular weight excluding hydrogens is 697 g/mol. The lowest BCUT2D eigenvalue weighted by Crippen LogP contribution is -2.30. The zero-order chi connectivity index (χ0) is 40.8. The molecule has 0 amide bonds. The maximum atomic E-state index is 12.7. The van der Waals surface area contributed by atoms with Gasteiger partial charge in [-0.3, -0.25) is 14.4 Å². The molecule has 0 saturated carbocycles. The van der Waals surface area contributed by atoms with Crippen LogP contribution in [0.4, 0.5) is 0 Å². The van der Waals surface area contributed by atoms with Gasteiger partial charge in [0.25, 0.3) is 0 Å². The molecule has 326 valence electrons. The topological polar surface area (TPSA) is 78.9 Å². The first kappa shape index (κ1) is 53.6. The first-order chi connectivity index (χ1) is 27.5. The van der Waals surface area contributed by atoms with E-state index in [1.807, 2.05) is 0 Å². The van der Waals surface area contributed by atoms with Crippen LogP contribution in [0.5, 0.6) is 0 Å². The minimum atomic E-state index is -0.775. The highest BCUT2D eigenvalue weighted by Gasteiger charge is 2.19. The van der Waals surface area contributed by atoms with E-state index in [-0.39, 0.29) is 31.1 Å². The number of allylic oxidation sites excluding steroid dienone is 6. The number of hydrogen-bond acceptors (Lipinski definition) is 6. The summed E-state index contributed by atoms with van der Waals surface area (Å²) in [4.78, 5) is 37.8. The van der Waals surface area contributed by atoms with Gasteiger partial charge in [-0.15, -0.1) is 0 Å². The van der Waals surface area contributed by atoms with E-state index >= 15 is 0 Å². The Labute approximate surface area is 346 Å². The average molecular weight is 787 g/mol. The van der Waals surface area contributed by atoms with Crippen molar-refractivity contribution >= 4 is 17.9 Å². The van der Waals surface area contributed by atoms with Crippen LogP contribution in [0.15, 0.2) is 36.5 Å². The summed E-state index contributed by atoms with van der Waals surface area (Å²) < 4.78 is 16.7. The molecule has 6 nitrogen and oxygen atoms in total. The number of carbonyl (C=O) groups is 3. The van der Waals surface area contributed by atoms with E-state index in [0.717, 1.165) is 89.9 Å². The summed E-state index contributed by atoms with van der Waals surface area (Å²) in [5.41, 5.74) is 0. The van der Waals surface area contributed by atoms with Gasteiger partial charge in [0, 0.05) is 19.3 Å². The molecule has 0 rings (SSSR count). The van der Waals surface area contributed by atoms with Crippen molar-refractivity contribution in [3.05, 3.63) is 36.5 Å². The summed E-state index contributed by atoms with van der Waals surface area (Å²) in [5, 5.41) is 0. The van der Waals surface area contributed by atoms with E-state index in [2.05, 4.69) is 57.2 Å². The van der Waals surface area contributed by atoms with Gasteiger partial charge in [-0.2, -0.15) is 0 Å². The third-order valence-corrected chi connectivity index (χ3v) is 10.4. The molecule has 0 heterocycles. The molecule has 56 heavy (non-hydrogen) atoms. The second-order valence-electron chi connectivity index (χ2n) is 16.0. The van der Waals surface area contributed by atoms with Gasteiger partial charge in [0.2, 0.25) is 0 Å². The molecule has 0 aromatic carbocycles. The SMILES string of the molecule is CC/C=C\C/C=C\CCCCCCCC(=O)OC(COC(=O)CCCCCCCCC/C=C\CCCCCC)COC(=O)CCCCCCCCCCCCC. The first-order valence-corrected chi connectivity index (χ1v) is 24.0. The minimum Gasteiger partial charge on any atom is -0.462 e. The maximum absolute atomic E-state index is 12.7. The van der Waals surface area contributed by atoms with Gasteiger partial charge in [0.1, 0.15) is 13.2 Å². The molecule has 0 radical (unpaired) electrons. The largest absolute Gasteiger partial charge is 0.462 e. The van der Waals surface area contributed by atoms with Gasteiger partial charge < -0.3 is 14.2 Å². The Kier molecular flexibility index (Phi) is 43.4. The van der Waals surface area contributed by atoms with Crippen molar-refractivity contribution in [1.82, 2.24) is 0 Å². The monoisotopic (exact) mass is 787 g/mol. The van der Waals surface area contributed by atoms with Gasteiger partial charge in [-0.25, -0.2) is 0 Å². The summed E-state index contributed by atoms with van der Waals surface area (Å²) in [7, 11) is 0. The third-order valence-electron chi connectivity index (χ3n) is 10.4. The molecule has 0 bridgehead atoms. The van der Waals surface area contributed by atoms with Crippen molar-refractivity contribution in [3.8, 4) is 0 Å². The van der Waals surface area contributed by atoms with Crippen LogP contribution < -0.4 is 0 Å². The molecule has 1 atom stereocenters. The lowest BCUT2D eigenvalue weighted by Gasteiger charge is -2.18. The van der Waals surface area contributed by atoms with E-state index in [4.69, 9.17) is 14.2 Å². The Morgan fingerprint density at radius 2 is 0.696 bits per heavy atom. The van der Waals surface area contributed by atoms with Gasteiger partial charge in [-0.1, -0.05) is 192 Å². The predicted octanol–water partition coefficient (Wildman–Crippen LogP) is 15.4. The number of carbonyl (C=O) groups excluding carboxylic acids is 3. The lowest BCUT2D eigenvalue weighted by molar-refractivity contribution is -0.167. The van der Waals surface area contributed by atoms with Crippen molar-refractivity contribution < 1.29 is 28.6 Å². The van der Waals surface area contributed by atoms with Crippen LogP contribution in [-0.4, -0.2) is 37.2 Å². The molecule has 0 aliphatic heterocycles. The number of rotatable bonds is 43. The number of unbranched alkanes of at least 4 members (excludes halogenated alkanes) is 26. The van der Waals surface area contributed by atoms with Crippen molar-refractivity contribution in [2.24, 2.45) is 0 Å². The molecule has 0 saturated heterocycles. The highest BCUT2D eigenvalue weighted by atomic mass is 16.6. The Morgan fingerprint density at radius 1 is 0.375 bits per heavy atom. The summed E-state index contributed by atoms with van der Waals surface area (Å²) >= 11 is 0. The van der Waals surface area contributed by atoms with E-state index in [9.17, 15) is 14.4 Å². The molecule has 1 unspecified atom stereocenters.